The average molecular weight is 184 g/mol. The second kappa shape index (κ2) is 3.79. The summed E-state index contributed by atoms with van der Waals surface area (Å²) >= 11 is 0. The van der Waals surface area contributed by atoms with Crippen LogP contribution >= 0.6 is 0 Å². The third-order valence-electron chi connectivity index (χ3n) is 2.51. The van der Waals surface area contributed by atoms with Gasteiger partial charge in [0.1, 0.15) is 0 Å². The summed E-state index contributed by atoms with van der Waals surface area (Å²) in [5, 5.41) is 0. The minimum Gasteiger partial charge on any atom is -0.264 e. The van der Waals surface area contributed by atoms with E-state index < -0.39 is 0 Å². The van der Waals surface area contributed by atoms with Gasteiger partial charge < -0.3 is 0 Å². The molecular weight excluding hydrogens is 170 g/mol. The van der Waals surface area contributed by atoms with Crippen molar-refractivity contribution in [1.82, 2.24) is 4.98 Å². The molecule has 2 rings (SSSR count). The zero-order valence-corrected chi connectivity index (χ0v) is 8.62. The third-order valence-corrected chi connectivity index (χ3v) is 2.51. The molecule has 0 aliphatic heterocycles. The Hall–Kier alpha value is -1.37. The monoisotopic (exact) mass is 184 g/mol. The van der Waals surface area contributed by atoms with Crippen molar-refractivity contribution in [1.29, 1.82) is 0 Å². The fraction of sp³-hybridized carbons (Fsp3) is 0.231. The Morgan fingerprint density at radius 3 is 2.79 bits per heavy atom. The van der Waals surface area contributed by atoms with Gasteiger partial charge in [0.2, 0.25) is 0 Å². The van der Waals surface area contributed by atoms with Gasteiger partial charge >= 0.3 is 0 Å². The zero-order chi connectivity index (χ0) is 9.97. The Bertz CT molecular complexity index is 385. The third kappa shape index (κ3) is 1.77. The summed E-state index contributed by atoms with van der Waals surface area (Å²) in [5.74, 6) is 0. The quantitative estimate of drug-likeness (QED) is 0.651. The molecule has 1 radical (unpaired) electrons. The van der Waals surface area contributed by atoms with Crippen molar-refractivity contribution >= 4 is 5.57 Å². The Morgan fingerprint density at radius 2 is 2.14 bits per heavy atom. The first-order valence-corrected chi connectivity index (χ1v) is 4.88. The Kier molecular flexibility index (Phi) is 2.49. The fourth-order valence-corrected chi connectivity index (χ4v) is 1.80. The SMILES string of the molecule is CC1=C[CH]C(c2cccnc2)=C(C)C1. The molecule has 14 heavy (non-hydrogen) atoms. The first kappa shape index (κ1) is 9.20. The highest BCUT2D eigenvalue weighted by Crippen LogP contribution is 2.29. The van der Waals surface area contributed by atoms with Crippen molar-refractivity contribution < 1.29 is 0 Å². The molecule has 1 heterocycles. The van der Waals surface area contributed by atoms with Gasteiger partial charge in [-0.25, -0.2) is 0 Å². The Balaban J connectivity index is 2.33. The second-order valence-electron chi connectivity index (χ2n) is 3.79. The number of nitrogens with zero attached hydrogens (tertiary/aromatic N) is 1. The summed E-state index contributed by atoms with van der Waals surface area (Å²) in [4.78, 5) is 4.14. The van der Waals surface area contributed by atoms with E-state index in [1.807, 2.05) is 18.5 Å². The predicted molar refractivity (Wildman–Crippen MR) is 59.5 cm³/mol. The van der Waals surface area contributed by atoms with Crippen LogP contribution in [0, 0.1) is 6.42 Å². The van der Waals surface area contributed by atoms with E-state index in [4.69, 9.17) is 0 Å². The standard InChI is InChI=1S/C13H14N/c1-10-5-6-13(11(2)8-10)12-4-3-7-14-9-12/h3-7,9H,8H2,1-2H3. The maximum absolute atomic E-state index is 4.14. The van der Waals surface area contributed by atoms with Gasteiger partial charge in [-0.15, -0.1) is 0 Å². The Labute approximate surface area is 85.2 Å². The van der Waals surface area contributed by atoms with Gasteiger partial charge in [-0.3, -0.25) is 4.98 Å². The molecule has 0 fully saturated rings. The fourth-order valence-electron chi connectivity index (χ4n) is 1.80. The second-order valence-corrected chi connectivity index (χ2v) is 3.79. The Morgan fingerprint density at radius 1 is 1.29 bits per heavy atom. The molecule has 1 aromatic rings. The summed E-state index contributed by atoms with van der Waals surface area (Å²) < 4.78 is 0. The lowest BCUT2D eigenvalue weighted by atomic mass is 9.90. The molecular formula is C13H14N. The van der Waals surface area contributed by atoms with Crippen LogP contribution in [0.15, 0.2) is 41.7 Å². The van der Waals surface area contributed by atoms with Crippen LogP contribution in [-0.4, -0.2) is 4.98 Å². The number of aromatic nitrogens is 1. The molecule has 0 amide bonds. The van der Waals surface area contributed by atoms with E-state index in [1.165, 1.54) is 22.3 Å². The topological polar surface area (TPSA) is 12.9 Å². The van der Waals surface area contributed by atoms with Crippen LogP contribution in [-0.2, 0) is 0 Å². The molecule has 1 aromatic heterocycles. The van der Waals surface area contributed by atoms with E-state index in [1.54, 1.807) is 0 Å². The minimum absolute atomic E-state index is 1.08. The van der Waals surface area contributed by atoms with E-state index >= 15 is 0 Å². The van der Waals surface area contributed by atoms with E-state index in [0.29, 0.717) is 0 Å². The van der Waals surface area contributed by atoms with Gasteiger partial charge in [0.05, 0.1) is 0 Å². The first-order chi connectivity index (χ1) is 6.77. The van der Waals surface area contributed by atoms with Gasteiger partial charge in [-0.1, -0.05) is 23.3 Å². The van der Waals surface area contributed by atoms with Crippen LogP contribution < -0.4 is 0 Å². The summed E-state index contributed by atoms with van der Waals surface area (Å²) in [6.45, 7) is 4.36. The molecule has 0 spiro atoms. The minimum atomic E-state index is 1.08. The van der Waals surface area contributed by atoms with Crippen molar-refractivity contribution in [3.63, 3.8) is 0 Å². The molecule has 1 nitrogen and oxygen atoms in total. The summed E-state index contributed by atoms with van der Waals surface area (Å²) in [7, 11) is 0. The van der Waals surface area contributed by atoms with Gasteiger partial charge in [-0.05, 0) is 37.5 Å². The smallest absolute Gasteiger partial charge is 0.0343 e. The van der Waals surface area contributed by atoms with E-state index in [2.05, 4.69) is 37.4 Å². The van der Waals surface area contributed by atoms with Gasteiger partial charge in [-0.2, -0.15) is 0 Å². The molecule has 1 aliphatic carbocycles. The molecule has 0 saturated heterocycles. The lowest BCUT2D eigenvalue weighted by molar-refractivity contribution is 1.08. The van der Waals surface area contributed by atoms with E-state index in [9.17, 15) is 0 Å². The number of rotatable bonds is 1. The highest BCUT2D eigenvalue weighted by Gasteiger charge is 2.10. The zero-order valence-electron chi connectivity index (χ0n) is 8.62. The molecule has 0 N–H and O–H groups in total. The summed E-state index contributed by atoms with van der Waals surface area (Å²) in [5.41, 5.74) is 5.39. The highest BCUT2D eigenvalue weighted by molar-refractivity contribution is 5.77. The van der Waals surface area contributed by atoms with Gasteiger partial charge in [0.25, 0.3) is 0 Å². The molecule has 0 saturated carbocycles. The van der Waals surface area contributed by atoms with Crippen LogP contribution in [0.5, 0.6) is 0 Å². The van der Waals surface area contributed by atoms with Gasteiger partial charge in [0.15, 0.2) is 0 Å². The first-order valence-electron chi connectivity index (χ1n) is 4.88. The molecule has 0 bridgehead atoms. The predicted octanol–water partition coefficient (Wildman–Crippen LogP) is 3.41. The maximum atomic E-state index is 4.14. The van der Waals surface area contributed by atoms with Crippen LogP contribution in [0.3, 0.4) is 0 Å². The van der Waals surface area contributed by atoms with E-state index in [0.717, 1.165) is 6.42 Å². The number of hydrogen-bond acceptors (Lipinski definition) is 1. The lowest BCUT2D eigenvalue weighted by Crippen LogP contribution is -1.96. The molecule has 1 heteroatoms. The molecule has 0 atom stereocenters. The highest BCUT2D eigenvalue weighted by atomic mass is 14.6. The van der Waals surface area contributed by atoms with Crippen LogP contribution in [0.25, 0.3) is 5.57 Å². The number of allylic oxidation sites excluding steroid dienone is 4. The molecule has 0 unspecified atom stereocenters. The summed E-state index contributed by atoms with van der Waals surface area (Å²) in [6.07, 6.45) is 9.19. The maximum Gasteiger partial charge on any atom is 0.0343 e. The summed E-state index contributed by atoms with van der Waals surface area (Å²) in [6, 6.07) is 4.09. The van der Waals surface area contributed by atoms with Crippen LogP contribution in [0.4, 0.5) is 0 Å². The van der Waals surface area contributed by atoms with Crippen molar-refractivity contribution in [2.75, 3.05) is 0 Å². The van der Waals surface area contributed by atoms with E-state index in [-0.39, 0.29) is 0 Å². The molecule has 1 aliphatic rings. The van der Waals surface area contributed by atoms with Crippen molar-refractivity contribution in [3.8, 4) is 0 Å². The van der Waals surface area contributed by atoms with Crippen molar-refractivity contribution in [2.45, 2.75) is 20.3 Å². The molecule has 71 valence electrons. The number of hydrogen-bond donors (Lipinski definition) is 0. The van der Waals surface area contributed by atoms with Crippen molar-refractivity contribution in [2.24, 2.45) is 0 Å². The number of pyridine rings is 1. The van der Waals surface area contributed by atoms with Crippen molar-refractivity contribution in [3.05, 3.63) is 53.7 Å². The lowest BCUT2D eigenvalue weighted by Gasteiger charge is -2.16. The van der Waals surface area contributed by atoms with Gasteiger partial charge in [0, 0.05) is 18.8 Å². The molecule has 0 aromatic carbocycles. The average Bonchev–Trinajstić information content (AvgIpc) is 2.19. The largest absolute Gasteiger partial charge is 0.264 e. The van der Waals surface area contributed by atoms with Crippen LogP contribution in [0.2, 0.25) is 0 Å². The van der Waals surface area contributed by atoms with Crippen LogP contribution in [0.1, 0.15) is 25.8 Å². The normalized spacial score (nSPS) is 16.9.